The summed E-state index contributed by atoms with van der Waals surface area (Å²) < 4.78 is 1.16. The van der Waals surface area contributed by atoms with Crippen molar-refractivity contribution in [3.05, 3.63) is 63.6 Å². The third-order valence-corrected chi connectivity index (χ3v) is 5.72. The first-order chi connectivity index (χ1) is 10.7. The second kappa shape index (κ2) is 5.71. The van der Waals surface area contributed by atoms with E-state index < -0.39 is 0 Å². The van der Waals surface area contributed by atoms with E-state index in [-0.39, 0.29) is 0 Å². The standard InChI is InChI=1S/C19H21BrN2/c20-15-5-1-4-13(10-15)19-14-7-8-16(22-19)11-17-12(9-14)3-2-6-18(17)21/h1-6,10,14,16,19,22H,7-9,11,21H2/t14-,16+,19+/m0/s1. The van der Waals surface area contributed by atoms with Crippen LogP contribution in [0.25, 0.3) is 0 Å². The molecule has 0 radical (unpaired) electrons. The van der Waals surface area contributed by atoms with Gasteiger partial charge in [0.2, 0.25) is 0 Å². The number of hydrogen-bond donors (Lipinski definition) is 2. The molecule has 0 unspecified atom stereocenters. The van der Waals surface area contributed by atoms with Gasteiger partial charge in [0.15, 0.2) is 0 Å². The molecule has 2 aliphatic heterocycles. The Labute approximate surface area is 140 Å². The SMILES string of the molecule is Nc1cccc2c1C[C@H]1CC[C@@H](C2)[C@@H](c2cccc(Br)c2)N1. The van der Waals surface area contributed by atoms with Crippen LogP contribution in [-0.4, -0.2) is 6.04 Å². The summed E-state index contributed by atoms with van der Waals surface area (Å²) in [4.78, 5) is 0. The van der Waals surface area contributed by atoms with E-state index in [4.69, 9.17) is 5.73 Å². The number of benzene rings is 2. The smallest absolute Gasteiger partial charge is 0.0354 e. The first-order valence-corrected chi connectivity index (χ1v) is 8.88. The minimum atomic E-state index is 0.450. The number of nitrogens with two attached hydrogens (primary N) is 1. The van der Waals surface area contributed by atoms with E-state index in [1.54, 1.807) is 0 Å². The number of rotatable bonds is 1. The summed E-state index contributed by atoms with van der Waals surface area (Å²) in [5, 5.41) is 3.89. The van der Waals surface area contributed by atoms with Crippen molar-refractivity contribution in [1.29, 1.82) is 0 Å². The van der Waals surface area contributed by atoms with Gasteiger partial charge in [-0.2, -0.15) is 0 Å². The Balaban J connectivity index is 1.72. The van der Waals surface area contributed by atoms with E-state index in [1.807, 2.05) is 6.07 Å². The normalized spacial score (nSPS) is 27.0. The summed E-state index contributed by atoms with van der Waals surface area (Å²) in [5.74, 6) is 0.645. The van der Waals surface area contributed by atoms with Crippen LogP contribution >= 0.6 is 15.9 Å². The van der Waals surface area contributed by atoms with E-state index in [0.29, 0.717) is 18.0 Å². The van der Waals surface area contributed by atoms with Crippen LogP contribution in [0.15, 0.2) is 46.9 Å². The molecule has 3 N–H and O–H groups in total. The molecular formula is C19H21BrN2. The molecule has 2 heterocycles. The number of halogens is 1. The Morgan fingerprint density at radius 1 is 1.05 bits per heavy atom. The van der Waals surface area contributed by atoms with Gasteiger partial charge in [-0.15, -0.1) is 0 Å². The molecular weight excluding hydrogens is 336 g/mol. The van der Waals surface area contributed by atoms with Gasteiger partial charge in [-0.3, -0.25) is 0 Å². The van der Waals surface area contributed by atoms with Crippen LogP contribution in [0, 0.1) is 5.92 Å². The zero-order chi connectivity index (χ0) is 15.1. The molecule has 1 saturated heterocycles. The average Bonchev–Trinajstić information content (AvgIpc) is 2.48. The van der Waals surface area contributed by atoms with Gasteiger partial charge < -0.3 is 11.1 Å². The molecule has 3 aliphatic rings. The quantitative estimate of drug-likeness (QED) is 0.750. The molecule has 0 saturated carbocycles. The zero-order valence-electron chi connectivity index (χ0n) is 12.6. The lowest BCUT2D eigenvalue weighted by Crippen LogP contribution is -2.45. The van der Waals surface area contributed by atoms with Gasteiger partial charge in [-0.1, -0.05) is 40.2 Å². The lowest BCUT2D eigenvalue weighted by Gasteiger charge is -2.41. The molecule has 2 aromatic rings. The number of hydrogen-bond acceptors (Lipinski definition) is 2. The predicted molar refractivity (Wildman–Crippen MR) is 94.8 cm³/mol. The molecule has 2 nitrogen and oxygen atoms in total. The maximum atomic E-state index is 6.23. The van der Waals surface area contributed by atoms with Gasteiger partial charge in [0.25, 0.3) is 0 Å². The van der Waals surface area contributed by atoms with Gasteiger partial charge in [0.1, 0.15) is 0 Å². The molecule has 3 heteroatoms. The highest BCUT2D eigenvalue weighted by molar-refractivity contribution is 9.10. The van der Waals surface area contributed by atoms with Crippen LogP contribution in [0.4, 0.5) is 5.69 Å². The van der Waals surface area contributed by atoms with E-state index in [1.165, 1.54) is 29.5 Å². The molecule has 0 aromatic heterocycles. The summed E-state index contributed by atoms with van der Waals surface area (Å²) in [7, 11) is 0. The van der Waals surface area contributed by atoms with Crippen molar-refractivity contribution in [1.82, 2.24) is 5.32 Å². The number of nitrogens with one attached hydrogen (secondary N) is 1. The van der Waals surface area contributed by atoms with Crippen molar-refractivity contribution in [3.63, 3.8) is 0 Å². The fourth-order valence-corrected chi connectivity index (χ4v) is 4.55. The third-order valence-electron chi connectivity index (χ3n) is 5.22. The summed E-state index contributed by atoms with van der Waals surface area (Å²) in [6, 6.07) is 16.1. The Bertz CT molecular complexity index is 698. The Morgan fingerprint density at radius 2 is 1.91 bits per heavy atom. The Morgan fingerprint density at radius 3 is 2.77 bits per heavy atom. The van der Waals surface area contributed by atoms with Gasteiger partial charge >= 0.3 is 0 Å². The Kier molecular flexibility index (Phi) is 3.71. The summed E-state index contributed by atoms with van der Waals surface area (Å²) in [5.41, 5.74) is 11.4. The zero-order valence-corrected chi connectivity index (χ0v) is 14.1. The molecule has 0 amide bonds. The highest BCUT2D eigenvalue weighted by Gasteiger charge is 2.34. The van der Waals surface area contributed by atoms with Crippen LogP contribution in [-0.2, 0) is 12.8 Å². The van der Waals surface area contributed by atoms with Gasteiger partial charge in [-0.25, -0.2) is 0 Å². The monoisotopic (exact) mass is 356 g/mol. The molecule has 3 atom stereocenters. The first-order valence-electron chi connectivity index (χ1n) is 8.08. The second-order valence-electron chi connectivity index (χ2n) is 6.63. The van der Waals surface area contributed by atoms with Crippen molar-refractivity contribution in [2.24, 2.45) is 5.92 Å². The lowest BCUT2D eigenvalue weighted by molar-refractivity contribution is 0.221. The Hall–Kier alpha value is -1.32. The van der Waals surface area contributed by atoms with Gasteiger partial charge in [0, 0.05) is 22.2 Å². The van der Waals surface area contributed by atoms with Crippen LogP contribution in [0.2, 0.25) is 0 Å². The number of nitrogen functional groups attached to an aromatic ring is 1. The highest BCUT2D eigenvalue weighted by Crippen LogP contribution is 2.39. The molecule has 22 heavy (non-hydrogen) atoms. The van der Waals surface area contributed by atoms with Crippen LogP contribution < -0.4 is 11.1 Å². The van der Waals surface area contributed by atoms with Gasteiger partial charge in [-0.05, 0) is 66.5 Å². The summed E-state index contributed by atoms with van der Waals surface area (Å²) in [6.07, 6.45) is 4.72. The maximum Gasteiger partial charge on any atom is 0.0354 e. The van der Waals surface area contributed by atoms with E-state index >= 15 is 0 Å². The average molecular weight is 357 g/mol. The lowest BCUT2D eigenvalue weighted by atomic mass is 9.75. The fourth-order valence-electron chi connectivity index (χ4n) is 4.13. The van der Waals surface area contributed by atoms with Crippen LogP contribution in [0.3, 0.4) is 0 Å². The minimum Gasteiger partial charge on any atom is -0.398 e. The van der Waals surface area contributed by atoms with E-state index in [0.717, 1.165) is 23.0 Å². The fraction of sp³-hybridized carbons (Fsp3) is 0.368. The molecule has 1 fully saturated rings. The second-order valence-corrected chi connectivity index (χ2v) is 7.54. The third kappa shape index (κ3) is 2.57. The molecule has 2 bridgehead atoms. The largest absolute Gasteiger partial charge is 0.398 e. The van der Waals surface area contributed by atoms with Crippen molar-refractivity contribution in [2.75, 3.05) is 5.73 Å². The molecule has 2 aromatic carbocycles. The number of fused-ring (bicyclic) bond motifs is 2. The van der Waals surface area contributed by atoms with Crippen molar-refractivity contribution in [2.45, 2.75) is 37.8 Å². The molecule has 1 aliphatic carbocycles. The van der Waals surface area contributed by atoms with E-state index in [9.17, 15) is 0 Å². The van der Waals surface area contributed by atoms with Crippen LogP contribution in [0.5, 0.6) is 0 Å². The molecule has 0 spiro atoms. The summed E-state index contributed by atoms with van der Waals surface area (Å²) in [6.45, 7) is 0. The van der Waals surface area contributed by atoms with Crippen molar-refractivity contribution in [3.8, 4) is 0 Å². The highest BCUT2D eigenvalue weighted by atomic mass is 79.9. The molecule has 5 rings (SSSR count). The maximum absolute atomic E-state index is 6.23. The van der Waals surface area contributed by atoms with E-state index in [2.05, 4.69) is 57.6 Å². The predicted octanol–water partition coefficient (Wildman–Crippen LogP) is 4.24. The van der Waals surface area contributed by atoms with Crippen LogP contribution in [0.1, 0.15) is 35.6 Å². The molecule has 114 valence electrons. The number of anilines is 1. The first kappa shape index (κ1) is 14.3. The summed E-state index contributed by atoms with van der Waals surface area (Å²) >= 11 is 3.61. The van der Waals surface area contributed by atoms with Crippen molar-refractivity contribution >= 4 is 21.6 Å². The topological polar surface area (TPSA) is 38.0 Å². The van der Waals surface area contributed by atoms with Crippen molar-refractivity contribution < 1.29 is 0 Å². The number of piperidine rings is 1. The van der Waals surface area contributed by atoms with Gasteiger partial charge in [0.05, 0.1) is 0 Å². The minimum absolute atomic E-state index is 0.450.